The molecule has 9 atom stereocenters. The Hall–Kier alpha value is -2.92. The minimum atomic E-state index is -0.449. The van der Waals surface area contributed by atoms with Crippen molar-refractivity contribution in [2.24, 2.45) is 51.4 Å². The number of fused-ring (bicyclic) bond motifs is 5. The lowest BCUT2D eigenvalue weighted by molar-refractivity contribution is 0.103. The first-order valence-electron chi connectivity index (χ1n) is 13.1. The van der Waals surface area contributed by atoms with E-state index in [9.17, 15) is 5.11 Å². The van der Waals surface area contributed by atoms with Crippen LogP contribution in [0.4, 0.5) is 0 Å². The van der Waals surface area contributed by atoms with Gasteiger partial charge >= 0.3 is 0 Å². The Labute approximate surface area is 208 Å². The largest absolute Gasteiger partial charge is 0.462 e. The van der Waals surface area contributed by atoms with Crippen molar-refractivity contribution in [1.29, 1.82) is 0 Å². The summed E-state index contributed by atoms with van der Waals surface area (Å²) in [6.07, 6.45) is 30.4. The third kappa shape index (κ3) is 4.20. The summed E-state index contributed by atoms with van der Waals surface area (Å²) in [4.78, 5) is 9.91. The molecule has 1 heterocycles. The second-order valence-electron chi connectivity index (χ2n) is 10.7. The Bertz CT molecular complexity index is 1120. The highest BCUT2D eigenvalue weighted by molar-refractivity contribution is 6.09. The van der Waals surface area contributed by atoms with Crippen molar-refractivity contribution in [3.05, 3.63) is 84.6 Å². The molecule has 6 rings (SSSR count). The van der Waals surface area contributed by atoms with Crippen molar-refractivity contribution in [3.8, 4) is 0 Å². The Kier molecular flexibility index (Phi) is 5.97. The predicted octanol–water partition coefficient (Wildman–Crippen LogP) is 4.88. The number of aliphatic hydroxyl groups is 1. The van der Waals surface area contributed by atoms with E-state index in [1.165, 1.54) is 5.57 Å². The van der Waals surface area contributed by atoms with Crippen LogP contribution in [0.25, 0.3) is 0 Å². The van der Waals surface area contributed by atoms with Gasteiger partial charge in [0.25, 0.3) is 6.02 Å². The number of allylic oxidation sites excluding steroid dienone is 12. The van der Waals surface area contributed by atoms with E-state index in [0.29, 0.717) is 35.6 Å². The molecule has 5 heteroatoms. The zero-order valence-corrected chi connectivity index (χ0v) is 20.4. The molecule has 1 aliphatic heterocycles. The Morgan fingerprint density at radius 1 is 0.857 bits per heavy atom. The van der Waals surface area contributed by atoms with E-state index in [2.05, 4.69) is 84.3 Å². The van der Waals surface area contributed by atoms with Crippen LogP contribution < -0.4 is 5.32 Å². The van der Waals surface area contributed by atoms with Gasteiger partial charge in [0.1, 0.15) is 5.84 Å². The highest BCUT2D eigenvalue weighted by atomic mass is 16.5. The molecule has 5 nitrogen and oxygen atoms in total. The number of nitrogens with zero attached hydrogens (tertiary/aromatic N) is 2. The van der Waals surface area contributed by atoms with Crippen molar-refractivity contribution in [3.63, 3.8) is 0 Å². The SMILES string of the molecule is CC(C)OC1=NC(C2C=CCCC2O)N=C(C2=CC3C4C=CC=CC4C=CC3C3C=CC=CC23)N1. The minimum Gasteiger partial charge on any atom is -0.462 e. The third-order valence-electron chi connectivity index (χ3n) is 8.15. The van der Waals surface area contributed by atoms with Gasteiger partial charge in [-0.15, -0.1) is 0 Å². The molecule has 2 N–H and O–H groups in total. The first kappa shape index (κ1) is 22.5. The first-order chi connectivity index (χ1) is 17.1. The molecule has 9 unspecified atom stereocenters. The fourth-order valence-corrected chi connectivity index (χ4v) is 6.51. The molecule has 0 radical (unpaired) electrons. The van der Waals surface area contributed by atoms with Gasteiger partial charge in [-0.05, 0) is 55.9 Å². The molecule has 0 aromatic rings. The number of ether oxygens (including phenoxy) is 1. The van der Waals surface area contributed by atoms with Gasteiger partial charge < -0.3 is 9.84 Å². The van der Waals surface area contributed by atoms with Gasteiger partial charge in [0.2, 0.25) is 0 Å². The number of aliphatic imine (C=N–C) groups is 2. The summed E-state index contributed by atoms with van der Waals surface area (Å²) in [6.45, 7) is 4.01. The maximum absolute atomic E-state index is 10.7. The maximum atomic E-state index is 10.7. The molecule has 0 fully saturated rings. The average molecular weight is 470 g/mol. The molecule has 0 aromatic carbocycles. The van der Waals surface area contributed by atoms with Gasteiger partial charge in [0.15, 0.2) is 6.17 Å². The summed E-state index contributed by atoms with van der Waals surface area (Å²) < 4.78 is 6.06. The fourth-order valence-electron chi connectivity index (χ4n) is 6.51. The quantitative estimate of drug-likeness (QED) is 0.579. The van der Waals surface area contributed by atoms with Crippen molar-refractivity contribution in [1.82, 2.24) is 5.32 Å². The number of hydrogen-bond donors (Lipinski definition) is 2. The standard InChI is InChI=1S/C30H35N3O2/c1-18(2)35-30-32-28(24-13-7-8-14-27(24)34)31-29(33-30)26-17-25-20-10-4-3-9-19(20)15-16-23(25)21-11-5-6-12-22(21)26/h3-7,9-13,15-25,27-28,34H,8,14H2,1-2H3,(H,31,32,33). The number of rotatable bonds is 3. The molecule has 0 saturated carbocycles. The molecular formula is C30H35N3O2. The molecule has 0 spiro atoms. The molecule has 0 amide bonds. The summed E-state index contributed by atoms with van der Waals surface area (Å²) >= 11 is 0. The number of amidine groups is 2. The second-order valence-corrected chi connectivity index (χ2v) is 10.7. The average Bonchev–Trinajstić information content (AvgIpc) is 2.87. The number of hydrogen-bond acceptors (Lipinski definition) is 5. The van der Waals surface area contributed by atoms with Crippen LogP contribution >= 0.6 is 0 Å². The van der Waals surface area contributed by atoms with Gasteiger partial charge in [-0.1, -0.05) is 79.0 Å². The highest BCUT2D eigenvalue weighted by Crippen LogP contribution is 2.50. The lowest BCUT2D eigenvalue weighted by Gasteiger charge is -2.46. The predicted molar refractivity (Wildman–Crippen MR) is 141 cm³/mol. The molecule has 0 saturated heterocycles. The molecular weight excluding hydrogens is 434 g/mol. The summed E-state index contributed by atoms with van der Waals surface area (Å²) in [5.74, 6) is 3.07. The molecule has 5 aliphatic carbocycles. The van der Waals surface area contributed by atoms with Crippen LogP contribution in [0.2, 0.25) is 0 Å². The normalized spacial score (nSPS) is 40.8. The van der Waals surface area contributed by atoms with Gasteiger partial charge in [0, 0.05) is 17.8 Å². The van der Waals surface area contributed by atoms with Crippen LogP contribution in [0, 0.1) is 41.4 Å². The Morgan fingerprint density at radius 3 is 2.49 bits per heavy atom. The van der Waals surface area contributed by atoms with Crippen molar-refractivity contribution >= 4 is 11.9 Å². The lowest BCUT2D eigenvalue weighted by Crippen LogP contribution is -2.47. The Morgan fingerprint density at radius 2 is 1.66 bits per heavy atom. The van der Waals surface area contributed by atoms with Crippen molar-refractivity contribution in [2.75, 3.05) is 0 Å². The van der Waals surface area contributed by atoms with Crippen LogP contribution in [-0.4, -0.2) is 35.3 Å². The van der Waals surface area contributed by atoms with Crippen LogP contribution in [0.3, 0.4) is 0 Å². The highest BCUT2D eigenvalue weighted by Gasteiger charge is 2.45. The third-order valence-corrected chi connectivity index (χ3v) is 8.15. The fraction of sp³-hybridized carbons (Fsp3) is 0.467. The molecule has 0 bridgehead atoms. The smallest absolute Gasteiger partial charge is 0.292 e. The van der Waals surface area contributed by atoms with Crippen LogP contribution in [0.1, 0.15) is 26.7 Å². The van der Waals surface area contributed by atoms with E-state index in [1.54, 1.807) is 0 Å². The van der Waals surface area contributed by atoms with Gasteiger partial charge in [-0.3, -0.25) is 5.32 Å². The first-order valence-corrected chi connectivity index (χ1v) is 13.1. The van der Waals surface area contributed by atoms with Crippen molar-refractivity contribution in [2.45, 2.75) is 45.1 Å². The van der Waals surface area contributed by atoms with Gasteiger partial charge in [-0.25, -0.2) is 9.98 Å². The number of aliphatic hydroxyl groups excluding tert-OH is 1. The van der Waals surface area contributed by atoms with Crippen LogP contribution in [0.15, 0.2) is 94.5 Å². The monoisotopic (exact) mass is 469 g/mol. The zero-order valence-electron chi connectivity index (χ0n) is 20.4. The van der Waals surface area contributed by atoms with Gasteiger partial charge in [-0.2, -0.15) is 0 Å². The molecule has 0 aromatic heterocycles. The molecule has 6 aliphatic rings. The van der Waals surface area contributed by atoms with E-state index in [4.69, 9.17) is 14.7 Å². The summed E-state index contributed by atoms with van der Waals surface area (Å²) in [6, 6.07) is 0.498. The van der Waals surface area contributed by atoms with E-state index < -0.39 is 12.3 Å². The van der Waals surface area contributed by atoms with Crippen LogP contribution in [-0.2, 0) is 4.74 Å². The Balaban J connectivity index is 1.41. The summed E-state index contributed by atoms with van der Waals surface area (Å²) in [7, 11) is 0. The zero-order chi connectivity index (χ0) is 23.9. The van der Waals surface area contributed by atoms with Gasteiger partial charge in [0.05, 0.1) is 12.2 Å². The van der Waals surface area contributed by atoms with E-state index in [-0.39, 0.29) is 17.9 Å². The van der Waals surface area contributed by atoms with Crippen molar-refractivity contribution < 1.29 is 9.84 Å². The summed E-state index contributed by atoms with van der Waals surface area (Å²) in [5.41, 5.74) is 1.22. The topological polar surface area (TPSA) is 66.2 Å². The van der Waals surface area contributed by atoms with E-state index in [1.807, 2.05) is 13.8 Å². The van der Waals surface area contributed by atoms with E-state index >= 15 is 0 Å². The van der Waals surface area contributed by atoms with E-state index in [0.717, 1.165) is 18.7 Å². The number of nitrogens with one attached hydrogen (secondary N) is 1. The summed E-state index contributed by atoms with van der Waals surface area (Å²) in [5, 5.41) is 14.2. The van der Waals surface area contributed by atoms with Crippen LogP contribution in [0.5, 0.6) is 0 Å². The molecule has 182 valence electrons. The molecule has 35 heavy (non-hydrogen) atoms. The second kappa shape index (κ2) is 9.27. The minimum absolute atomic E-state index is 0.00792. The lowest BCUT2D eigenvalue weighted by atomic mass is 9.58. The maximum Gasteiger partial charge on any atom is 0.292 e.